The van der Waals surface area contributed by atoms with Crippen LogP contribution in [0, 0.1) is 5.92 Å². The first-order valence-electron chi connectivity index (χ1n) is 4.52. The predicted octanol–water partition coefficient (Wildman–Crippen LogP) is 3.86. The minimum Gasteiger partial charge on any atom is -0.207 e. The first-order chi connectivity index (χ1) is 5.14. The summed E-state index contributed by atoms with van der Waals surface area (Å²) in [6.45, 7) is 5.98. The third kappa shape index (κ3) is 3.68. The Kier molecular flexibility index (Phi) is 4.62. The number of hydrogen-bond donors (Lipinski definition) is 0. The SMILES string of the molecule is CC.CCC1CCC(F)(F)C1. The van der Waals surface area contributed by atoms with E-state index in [1.165, 1.54) is 0 Å². The minimum atomic E-state index is -2.33. The fraction of sp³-hybridized carbons (Fsp3) is 1.00. The molecule has 0 aromatic rings. The van der Waals surface area contributed by atoms with Gasteiger partial charge < -0.3 is 0 Å². The smallest absolute Gasteiger partial charge is 0.207 e. The highest BCUT2D eigenvalue weighted by atomic mass is 19.3. The van der Waals surface area contributed by atoms with E-state index in [1.807, 2.05) is 20.8 Å². The number of halogens is 2. The molecule has 11 heavy (non-hydrogen) atoms. The van der Waals surface area contributed by atoms with Crippen molar-refractivity contribution in [3.05, 3.63) is 0 Å². The largest absolute Gasteiger partial charge is 0.248 e. The quantitative estimate of drug-likeness (QED) is 0.552. The molecule has 1 aliphatic rings. The number of hydrogen-bond acceptors (Lipinski definition) is 0. The molecule has 0 spiro atoms. The maximum Gasteiger partial charge on any atom is 0.248 e. The first-order valence-corrected chi connectivity index (χ1v) is 4.52. The molecule has 0 radical (unpaired) electrons. The topological polar surface area (TPSA) is 0 Å². The summed E-state index contributed by atoms with van der Waals surface area (Å²) in [6, 6.07) is 0. The highest BCUT2D eigenvalue weighted by Gasteiger charge is 2.38. The van der Waals surface area contributed by atoms with E-state index in [1.54, 1.807) is 0 Å². The van der Waals surface area contributed by atoms with Gasteiger partial charge in [-0.1, -0.05) is 27.2 Å². The lowest BCUT2D eigenvalue weighted by atomic mass is 10.1. The van der Waals surface area contributed by atoms with Crippen LogP contribution in [0.4, 0.5) is 8.78 Å². The second kappa shape index (κ2) is 4.68. The van der Waals surface area contributed by atoms with Crippen LogP contribution < -0.4 is 0 Å². The summed E-state index contributed by atoms with van der Waals surface area (Å²) < 4.78 is 24.8. The number of alkyl halides is 2. The van der Waals surface area contributed by atoms with Gasteiger partial charge in [0, 0.05) is 12.8 Å². The van der Waals surface area contributed by atoms with E-state index in [9.17, 15) is 8.78 Å². The van der Waals surface area contributed by atoms with Crippen LogP contribution in [-0.2, 0) is 0 Å². The van der Waals surface area contributed by atoms with Gasteiger partial charge in [0.05, 0.1) is 0 Å². The fourth-order valence-electron chi connectivity index (χ4n) is 1.39. The average molecular weight is 164 g/mol. The molecule has 1 fully saturated rings. The average Bonchev–Trinajstić information content (AvgIpc) is 2.34. The molecular weight excluding hydrogens is 146 g/mol. The summed E-state index contributed by atoms with van der Waals surface area (Å²) in [4.78, 5) is 0. The Morgan fingerprint density at radius 1 is 1.36 bits per heavy atom. The summed E-state index contributed by atoms with van der Waals surface area (Å²) in [5, 5.41) is 0. The lowest BCUT2D eigenvalue weighted by Gasteiger charge is -2.06. The molecule has 0 saturated heterocycles. The summed E-state index contributed by atoms with van der Waals surface area (Å²) in [6.07, 6.45) is 1.88. The van der Waals surface area contributed by atoms with Gasteiger partial charge in [-0.15, -0.1) is 0 Å². The van der Waals surface area contributed by atoms with Gasteiger partial charge in [0.1, 0.15) is 0 Å². The van der Waals surface area contributed by atoms with Gasteiger partial charge in [-0.25, -0.2) is 8.78 Å². The molecule has 0 heterocycles. The highest BCUT2D eigenvalue weighted by Crippen LogP contribution is 2.39. The van der Waals surface area contributed by atoms with Gasteiger partial charge in [-0.05, 0) is 12.3 Å². The van der Waals surface area contributed by atoms with Crippen molar-refractivity contribution in [1.82, 2.24) is 0 Å². The first kappa shape index (κ1) is 10.9. The van der Waals surface area contributed by atoms with Crippen molar-refractivity contribution in [2.75, 3.05) is 0 Å². The summed E-state index contributed by atoms with van der Waals surface area (Å²) in [7, 11) is 0. The molecule has 0 amide bonds. The van der Waals surface area contributed by atoms with Crippen molar-refractivity contribution in [1.29, 1.82) is 0 Å². The van der Waals surface area contributed by atoms with E-state index in [0.717, 1.165) is 12.8 Å². The molecule has 0 nitrogen and oxygen atoms in total. The van der Waals surface area contributed by atoms with E-state index in [4.69, 9.17) is 0 Å². The van der Waals surface area contributed by atoms with Crippen molar-refractivity contribution in [2.24, 2.45) is 5.92 Å². The fourth-order valence-corrected chi connectivity index (χ4v) is 1.39. The van der Waals surface area contributed by atoms with Crippen molar-refractivity contribution >= 4 is 0 Å². The molecule has 68 valence electrons. The van der Waals surface area contributed by atoms with Crippen LogP contribution in [0.5, 0.6) is 0 Å². The summed E-state index contributed by atoms with van der Waals surface area (Å²) >= 11 is 0. The van der Waals surface area contributed by atoms with Crippen LogP contribution in [0.2, 0.25) is 0 Å². The zero-order chi connectivity index (χ0) is 8.91. The Bertz CT molecular complexity index is 99.7. The molecule has 2 heteroatoms. The lowest BCUT2D eigenvalue weighted by molar-refractivity contribution is 0.00491. The molecule has 0 N–H and O–H groups in total. The molecule has 1 unspecified atom stereocenters. The Labute approximate surface area is 68.0 Å². The van der Waals surface area contributed by atoms with E-state index in [0.29, 0.717) is 5.92 Å². The monoisotopic (exact) mass is 164 g/mol. The van der Waals surface area contributed by atoms with Crippen molar-refractivity contribution in [2.45, 2.75) is 52.4 Å². The molecule has 0 aromatic heterocycles. The van der Waals surface area contributed by atoms with E-state index in [2.05, 4.69) is 0 Å². The highest BCUT2D eigenvalue weighted by molar-refractivity contribution is 4.79. The lowest BCUT2D eigenvalue weighted by Crippen LogP contribution is -2.09. The molecule has 1 saturated carbocycles. The van der Waals surface area contributed by atoms with Crippen LogP contribution in [0.3, 0.4) is 0 Å². The normalized spacial score (nSPS) is 27.5. The van der Waals surface area contributed by atoms with E-state index >= 15 is 0 Å². The predicted molar refractivity (Wildman–Crippen MR) is 43.9 cm³/mol. The third-order valence-corrected chi connectivity index (χ3v) is 2.08. The molecule has 1 rings (SSSR count). The maximum atomic E-state index is 12.4. The number of rotatable bonds is 1. The van der Waals surface area contributed by atoms with Gasteiger partial charge >= 0.3 is 0 Å². The molecule has 1 aliphatic carbocycles. The second-order valence-electron chi connectivity index (χ2n) is 2.87. The second-order valence-corrected chi connectivity index (χ2v) is 2.87. The molecule has 0 aliphatic heterocycles. The van der Waals surface area contributed by atoms with Gasteiger partial charge in [-0.2, -0.15) is 0 Å². The summed E-state index contributed by atoms with van der Waals surface area (Å²) in [5.74, 6) is -2.04. The van der Waals surface area contributed by atoms with E-state index in [-0.39, 0.29) is 12.8 Å². The minimum absolute atomic E-state index is 0.117. The van der Waals surface area contributed by atoms with Crippen molar-refractivity contribution in [3.63, 3.8) is 0 Å². The molecule has 0 aromatic carbocycles. The van der Waals surface area contributed by atoms with Crippen LogP contribution in [0.1, 0.15) is 46.5 Å². The van der Waals surface area contributed by atoms with Crippen molar-refractivity contribution in [3.8, 4) is 0 Å². The van der Waals surface area contributed by atoms with Crippen LogP contribution >= 0.6 is 0 Å². The van der Waals surface area contributed by atoms with Gasteiger partial charge in [0.25, 0.3) is 0 Å². The molecular formula is C9H18F2. The maximum absolute atomic E-state index is 12.4. The van der Waals surface area contributed by atoms with Crippen molar-refractivity contribution < 1.29 is 8.78 Å². The van der Waals surface area contributed by atoms with Crippen LogP contribution in [0.25, 0.3) is 0 Å². The molecule has 1 atom stereocenters. The zero-order valence-corrected chi connectivity index (χ0v) is 7.66. The Hall–Kier alpha value is -0.140. The Balaban J connectivity index is 0.000000461. The zero-order valence-electron chi connectivity index (χ0n) is 7.66. The Morgan fingerprint density at radius 3 is 2.09 bits per heavy atom. The molecule has 0 bridgehead atoms. The van der Waals surface area contributed by atoms with E-state index < -0.39 is 5.92 Å². The standard InChI is InChI=1S/C7H12F2.C2H6/c1-2-6-3-4-7(8,9)5-6;1-2/h6H,2-5H2,1H3;1-2H3. The van der Waals surface area contributed by atoms with Gasteiger partial charge in [-0.3, -0.25) is 0 Å². The van der Waals surface area contributed by atoms with Crippen LogP contribution in [0.15, 0.2) is 0 Å². The third-order valence-electron chi connectivity index (χ3n) is 2.08. The summed E-state index contributed by atoms with van der Waals surface area (Å²) in [5.41, 5.74) is 0. The van der Waals surface area contributed by atoms with Crippen LogP contribution in [-0.4, -0.2) is 5.92 Å². The Morgan fingerprint density at radius 2 is 1.91 bits per heavy atom. The van der Waals surface area contributed by atoms with Gasteiger partial charge in [0.15, 0.2) is 0 Å². The van der Waals surface area contributed by atoms with Gasteiger partial charge in [0.2, 0.25) is 5.92 Å².